The Hall–Kier alpha value is -1.94. The van der Waals surface area contributed by atoms with E-state index in [1.165, 1.54) is 0 Å². The van der Waals surface area contributed by atoms with Crippen molar-refractivity contribution in [2.45, 2.75) is 0 Å². The Kier molecular flexibility index (Phi) is 5.69. The zero-order chi connectivity index (χ0) is 15.1. The van der Waals surface area contributed by atoms with Crippen LogP contribution in [-0.4, -0.2) is 71.7 Å². The number of aliphatic hydroxyl groups is 1. The Morgan fingerprint density at radius 3 is 2.81 bits per heavy atom. The van der Waals surface area contributed by atoms with Gasteiger partial charge in [0.2, 0.25) is 0 Å². The molecule has 0 spiro atoms. The molecule has 1 aliphatic rings. The zero-order valence-electron chi connectivity index (χ0n) is 12.0. The number of nitrogens with two attached hydrogens (primary N) is 1. The molecule has 112 valence electrons. The van der Waals surface area contributed by atoms with E-state index in [4.69, 9.17) is 10.8 Å². The molecule has 1 aromatic rings. The highest BCUT2D eigenvalue weighted by Crippen LogP contribution is 2.10. The fourth-order valence-electron chi connectivity index (χ4n) is 2.29. The lowest BCUT2D eigenvalue weighted by atomic mass is 10.1. The molecule has 1 aromatic heterocycles. The van der Waals surface area contributed by atoms with Gasteiger partial charge in [-0.2, -0.15) is 0 Å². The van der Waals surface area contributed by atoms with Crippen molar-refractivity contribution in [2.75, 3.05) is 45.9 Å². The second-order valence-electron chi connectivity index (χ2n) is 4.76. The summed E-state index contributed by atoms with van der Waals surface area (Å²) < 4.78 is 0. The van der Waals surface area contributed by atoms with Crippen LogP contribution in [0.25, 0.3) is 0 Å². The molecule has 3 N–H and O–H groups in total. The van der Waals surface area contributed by atoms with Crippen LogP contribution in [0.4, 0.5) is 0 Å². The van der Waals surface area contributed by atoms with E-state index < -0.39 is 0 Å². The number of aliphatic hydroxyl groups excluding tert-OH is 1. The molecule has 2 rings (SSSR count). The molecule has 0 radical (unpaired) electrons. The Bertz CT molecular complexity index is 542. The summed E-state index contributed by atoms with van der Waals surface area (Å²) in [5.74, 6) is 5.55. The molecule has 2 heterocycles. The molecule has 6 nitrogen and oxygen atoms in total. The lowest BCUT2D eigenvalue weighted by Gasteiger charge is -2.34. The highest BCUT2D eigenvalue weighted by molar-refractivity contribution is 5.94. The maximum Gasteiger partial charge on any atom is 0.273 e. The van der Waals surface area contributed by atoms with Crippen LogP contribution in [0.3, 0.4) is 0 Å². The first-order valence-corrected chi connectivity index (χ1v) is 7.02. The minimum absolute atomic E-state index is 0.0967. The summed E-state index contributed by atoms with van der Waals surface area (Å²) in [5.41, 5.74) is 6.37. The SMILES string of the molecule is NCC#Cc1cccnc1C(=O)N1CCN(CCO)CC1. The second kappa shape index (κ2) is 7.74. The van der Waals surface area contributed by atoms with Crippen LogP contribution in [-0.2, 0) is 0 Å². The van der Waals surface area contributed by atoms with Gasteiger partial charge >= 0.3 is 0 Å². The molecule has 21 heavy (non-hydrogen) atoms. The number of nitrogens with zero attached hydrogens (tertiary/aromatic N) is 3. The van der Waals surface area contributed by atoms with Crippen LogP contribution in [0.1, 0.15) is 16.1 Å². The number of carbonyl (C=O) groups is 1. The van der Waals surface area contributed by atoms with E-state index in [1.807, 2.05) is 0 Å². The third kappa shape index (κ3) is 4.02. The van der Waals surface area contributed by atoms with E-state index >= 15 is 0 Å². The van der Waals surface area contributed by atoms with Gasteiger partial charge in [-0.05, 0) is 12.1 Å². The van der Waals surface area contributed by atoms with Crippen molar-refractivity contribution in [3.8, 4) is 11.8 Å². The molecule has 0 saturated carbocycles. The van der Waals surface area contributed by atoms with Crippen molar-refractivity contribution in [3.05, 3.63) is 29.6 Å². The van der Waals surface area contributed by atoms with Crippen molar-refractivity contribution in [3.63, 3.8) is 0 Å². The smallest absolute Gasteiger partial charge is 0.273 e. The van der Waals surface area contributed by atoms with Gasteiger partial charge in [-0.15, -0.1) is 0 Å². The molecule has 0 unspecified atom stereocenters. The first-order chi connectivity index (χ1) is 10.3. The normalized spacial score (nSPS) is 15.4. The maximum atomic E-state index is 12.5. The Balaban J connectivity index is 2.07. The quantitative estimate of drug-likeness (QED) is 0.707. The third-order valence-electron chi connectivity index (χ3n) is 3.41. The topological polar surface area (TPSA) is 82.7 Å². The van der Waals surface area contributed by atoms with Gasteiger partial charge in [0.25, 0.3) is 5.91 Å². The molecule has 1 saturated heterocycles. The average molecular weight is 288 g/mol. The van der Waals surface area contributed by atoms with Gasteiger partial charge in [0.05, 0.1) is 18.7 Å². The molecule has 0 bridgehead atoms. The second-order valence-corrected chi connectivity index (χ2v) is 4.76. The standard InChI is InChI=1S/C15H20N4O2/c16-5-1-3-13-4-2-6-17-14(13)15(21)19-9-7-18(8-10-19)11-12-20/h2,4,6,20H,5,7-12,16H2. The molecule has 0 aliphatic carbocycles. The number of hydrogen-bond acceptors (Lipinski definition) is 5. The van der Waals surface area contributed by atoms with Gasteiger partial charge in [-0.25, -0.2) is 4.98 Å². The van der Waals surface area contributed by atoms with Gasteiger partial charge < -0.3 is 15.7 Å². The predicted molar refractivity (Wildman–Crippen MR) is 79.6 cm³/mol. The van der Waals surface area contributed by atoms with E-state index in [0.717, 1.165) is 13.1 Å². The summed E-state index contributed by atoms with van der Waals surface area (Å²) in [6, 6.07) is 3.54. The van der Waals surface area contributed by atoms with Crippen molar-refractivity contribution < 1.29 is 9.90 Å². The first-order valence-electron chi connectivity index (χ1n) is 7.02. The van der Waals surface area contributed by atoms with Crippen LogP contribution in [0.15, 0.2) is 18.3 Å². The summed E-state index contributed by atoms with van der Waals surface area (Å²) >= 11 is 0. The summed E-state index contributed by atoms with van der Waals surface area (Å²) in [6.45, 7) is 3.86. The van der Waals surface area contributed by atoms with Crippen LogP contribution in [0, 0.1) is 11.8 Å². The fourth-order valence-corrected chi connectivity index (χ4v) is 2.29. The maximum absolute atomic E-state index is 12.5. The first kappa shape index (κ1) is 15.4. The van der Waals surface area contributed by atoms with Gasteiger partial charge in [0.1, 0.15) is 5.69 Å². The van der Waals surface area contributed by atoms with E-state index in [-0.39, 0.29) is 19.1 Å². The van der Waals surface area contributed by atoms with E-state index in [2.05, 4.69) is 21.7 Å². The minimum Gasteiger partial charge on any atom is -0.395 e. The van der Waals surface area contributed by atoms with Crippen LogP contribution < -0.4 is 5.73 Å². The zero-order valence-corrected chi connectivity index (χ0v) is 12.0. The number of β-amino-alcohol motifs (C(OH)–C–C–N with tert-alkyl or cyclic N) is 1. The molecule has 0 aromatic carbocycles. The van der Waals surface area contributed by atoms with Gasteiger partial charge in [-0.1, -0.05) is 11.8 Å². The minimum atomic E-state index is -0.0967. The van der Waals surface area contributed by atoms with Crippen molar-refractivity contribution in [2.24, 2.45) is 5.73 Å². The van der Waals surface area contributed by atoms with Crippen molar-refractivity contribution in [1.29, 1.82) is 0 Å². The summed E-state index contributed by atoms with van der Waals surface area (Å²) in [7, 11) is 0. The number of aromatic nitrogens is 1. The van der Waals surface area contributed by atoms with Gasteiger partial charge in [0.15, 0.2) is 0 Å². The largest absolute Gasteiger partial charge is 0.395 e. The van der Waals surface area contributed by atoms with E-state index in [1.54, 1.807) is 23.2 Å². The molecule has 1 amide bonds. The molecule has 1 aliphatic heterocycles. The number of carbonyl (C=O) groups excluding carboxylic acids is 1. The van der Waals surface area contributed by atoms with E-state index in [9.17, 15) is 4.79 Å². The molecule has 1 fully saturated rings. The van der Waals surface area contributed by atoms with Crippen LogP contribution in [0.2, 0.25) is 0 Å². The molecular weight excluding hydrogens is 268 g/mol. The number of amides is 1. The van der Waals surface area contributed by atoms with Gasteiger partial charge in [-0.3, -0.25) is 9.69 Å². The third-order valence-corrected chi connectivity index (χ3v) is 3.41. The lowest BCUT2D eigenvalue weighted by Crippen LogP contribution is -2.49. The van der Waals surface area contributed by atoms with Crippen molar-refractivity contribution >= 4 is 5.91 Å². The molecule has 0 atom stereocenters. The predicted octanol–water partition coefficient (Wildman–Crippen LogP) is -0.858. The number of hydrogen-bond donors (Lipinski definition) is 2. The molecule has 6 heteroatoms. The van der Waals surface area contributed by atoms with E-state index in [0.29, 0.717) is 30.9 Å². The fraction of sp³-hybridized carbons (Fsp3) is 0.467. The average Bonchev–Trinajstić information content (AvgIpc) is 2.53. The summed E-state index contributed by atoms with van der Waals surface area (Å²) in [5, 5.41) is 8.93. The lowest BCUT2D eigenvalue weighted by molar-refractivity contribution is 0.0609. The Morgan fingerprint density at radius 1 is 1.38 bits per heavy atom. The Labute approximate surface area is 124 Å². The van der Waals surface area contributed by atoms with Gasteiger partial charge in [0, 0.05) is 38.9 Å². The molecular formula is C15H20N4O2. The van der Waals surface area contributed by atoms with Crippen LogP contribution >= 0.6 is 0 Å². The number of piperazine rings is 1. The Morgan fingerprint density at radius 2 is 2.14 bits per heavy atom. The summed E-state index contributed by atoms with van der Waals surface area (Å²) in [6.07, 6.45) is 1.60. The van der Waals surface area contributed by atoms with Crippen LogP contribution in [0.5, 0.6) is 0 Å². The monoisotopic (exact) mass is 288 g/mol. The number of rotatable bonds is 3. The summed E-state index contributed by atoms with van der Waals surface area (Å²) in [4.78, 5) is 20.6. The number of pyridine rings is 1. The van der Waals surface area contributed by atoms with Crippen molar-refractivity contribution in [1.82, 2.24) is 14.8 Å². The highest BCUT2D eigenvalue weighted by atomic mass is 16.3. The highest BCUT2D eigenvalue weighted by Gasteiger charge is 2.24.